The number of sulfonamides is 1. The summed E-state index contributed by atoms with van der Waals surface area (Å²) in [7, 11) is -0.821. The second-order valence-electron chi connectivity index (χ2n) is 6.46. The smallest absolute Gasteiger partial charge is 0.276 e. The predicted molar refractivity (Wildman–Crippen MR) is 130 cm³/mol. The van der Waals surface area contributed by atoms with Gasteiger partial charge in [-0.2, -0.15) is 13.5 Å². The van der Waals surface area contributed by atoms with Crippen LogP contribution in [0.1, 0.15) is 11.1 Å². The Balaban J connectivity index is 1.74. The van der Waals surface area contributed by atoms with Crippen molar-refractivity contribution in [3.63, 3.8) is 0 Å². The predicted octanol–water partition coefficient (Wildman–Crippen LogP) is 5.12. The molecule has 0 heterocycles. The zero-order valence-electron chi connectivity index (χ0n) is 17.2. The van der Waals surface area contributed by atoms with Gasteiger partial charge in [-0.1, -0.05) is 30.3 Å². The van der Waals surface area contributed by atoms with Crippen LogP contribution in [0.5, 0.6) is 17.2 Å². The molecule has 7 nitrogen and oxygen atoms in total. The van der Waals surface area contributed by atoms with Crippen molar-refractivity contribution in [1.82, 2.24) is 4.83 Å². The Bertz CT molecular complexity index is 1220. The quantitative estimate of drug-likeness (QED) is 0.279. The first-order valence-corrected chi connectivity index (χ1v) is 12.3. The van der Waals surface area contributed by atoms with E-state index in [4.69, 9.17) is 14.2 Å². The molecule has 32 heavy (non-hydrogen) atoms. The molecular weight excluding hydrogens is 564 g/mol. The minimum Gasteiger partial charge on any atom is -0.496 e. The second-order valence-corrected chi connectivity index (χ2v) is 9.83. The summed E-state index contributed by atoms with van der Waals surface area (Å²) in [6, 6.07) is 17.6. The molecule has 0 aliphatic carbocycles. The van der Waals surface area contributed by atoms with Crippen LogP contribution in [0.3, 0.4) is 0 Å². The summed E-state index contributed by atoms with van der Waals surface area (Å²) in [5, 5.41) is 3.87. The van der Waals surface area contributed by atoms with Gasteiger partial charge >= 0.3 is 0 Å². The molecule has 10 heteroatoms. The Labute approximate surface area is 203 Å². The largest absolute Gasteiger partial charge is 0.496 e. The zero-order chi connectivity index (χ0) is 23.1. The van der Waals surface area contributed by atoms with E-state index in [1.54, 1.807) is 18.2 Å². The van der Waals surface area contributed by atoms with Crippen LogP contribution in [0.25, 0.3) is 0 Å². The SMILES string of the molecule is COc1ccc(S(=O)(=O)N/N=C\c2cc(Br)c(OCc3ccccc3)c(OC)c2)cc1Br. The van der Waals surface area contributed by atoms with Gasteiger partial charge in [-0.25, -0.2) is 4.83 Å². The monoisotopic (exact) mass is 582 g/mol. The van der Waals surface area contributed by atoms with E-state index in [1.165, 1.54) is 32.6 Å². The van der Waals surface area contributed by atoms with Crippen molar-refractivity contribution in [2.24, 2.45) is 5.10 Å². The van der Waals surface area contributed by atoms with Crippen LogP contribution in [0, 0.1) is 0 Å². The lowest BCUT2D eigenvalue weighted by Crippen LogP contribution is -2.18. The minimum absolute atomic E-state index is 0.0470. The molecule has 1 N–H and O–H groups in total. The third kappa shape index (κ3) is 6.02. The summed E-state index contributed by atoms with van der Waals surface area (Å²) in [5.41, 5.74) is 1.63. The molecule has 0 saturated carbocycles. The van der Waals surface area contributed by atoms with E-state index in [-0.39, 0.29) is 4.90 Å². The number of nitrogens with zero attached hydrogens (tertiary/aromatic N) is 1. The molecule has 0 bridgehead atoms. The number of halogens is 2. The molecule has 0 fully saturated rings. The maximum absolute atomic E-state index is 12.5. The topological polar surface area (TPSA) is 86.2 Å². The zero-order valence-corrected chi connectivity index (χ0v) is 21.2. The standard InChI is InChI=1S/C22H20Br2N2O5S/c1-29-20-9-8-17(12-18(20)23)32(27,28)26-25-13-16-10-19(24)22(21(11-16)30-2)31-14-15-6-4-3-5-7-15/h3-13,26H,14H2,1-2H3/b25-13-. The number of nitrogens with one attached hydrogen (secondary N) is 1. The van der Waals surface area contributed by atoms with Crippen molar-refractivity contribution in [2.75, 3.05) is 14.2 Å². The van der Waals surface area contributed by atoms with Crippen LogP contribution in [0.4, 0.5) is 0 Å². The third-order valence-electron chi connectivity index (χ3n) is 4.30. The van der Waals surface area contributed by atoms with Crippen LogP contribution in [0.2, 0.25) is 0 Å². The molecule has 0 aromatic heterocycles. The average Bonchev–Trinajstić information content (AvgIpc) is 2.78. The second kappa shape index (κ2) is 10.8. The number of hydrazone groups is 1. The van der Waals surface area contributed by atoms with Gasteiger partial charge in [0.05, 0.1) is 34.3 Å². The van der Waals surface area contributed by atoms with Crippen molar-refractivity contribution in [3.8, 4) is 17.2 Å². The number of hydrogen-bond donors (Lipinski definition) is 1. The van der Waals surface area contributed by atoms with Gasteiger partial charge in [0.25, 0.3) is 10.0 Å². The highest BCUT2D eigenvalue weighted by Gasteiger charge is 2.15. The third-order valence-corrected chi connectivity index (χ3v) is 6.73. The number of methoxy groups -OCH3 is 2. The number of ether oxygens (including phenoxy) is 3. The molecule has 0 aliphatic heterocycles. The number of rotatable bonds is 9. The fourth-order valence-corrected chi connectivity index (χ4v) is 4.80. The molecule has 0 atom stereocenters. The molecular formula is C22H20Br2N2O5S. The van der Waals surface area contributed by atoms with Crippen molar-refractivity contribution in [2.45, 2.75) is 11.5 Å². The maximum atomic E-state index is 12.5. The fraction of sp³-hybridized carbons (Fsp3) is 0.136. The Morgan fingerprint density at radius 1 is 0.938 bits per heavy atom. The van der Waals surface area contributed by atoms with E-state index in [2.05, 4.69) is 41.8 Å². The molecule has 0 spiro atoms. The molecule has 0 amide bonds. The highest BCUT2D eigenvalue weighted by atomic mass is 79.9. The molecule has 168 valence electrons. The van der Waals surface area contributed by atoms with E-state index in [0.717, 1.165) is 5.56 Å². The first kappa shape index (κ1) is 24.1. The Morgan fingerprint density at radius 3 is 2.31 bits per heavy atom. The molecule has 3 aromatic rings. The van der Waals surface area contributed by atoms with Gasteiger partial charge in [0.1, 0.15) is 12.4 Å². The van der Waals surface area contributed by atoms with Crippen LogP contribution >= 0.6 is 31.9 Å². The molecule has 0 unspecified atom stereocenters. The van der Waals surface area contributed by atoms with E-state index < -0.39 is 10.0 Å². The van der Waals surface area contributed by atoms with E-state index in [0.29, 0.717) is 38.4 Å². The van der Waals surface area contributed by atoms with E-state index in [9.17, 15) is 8.42 Å². The van der Waals surface area contributed by atoms with Crippen LogP contribution < -0.4 is 19.0 Å². The highest BCUT2D eigenvalue weighted by Crippen LogP contribution is 2.37. The van der Waals surface area contributed by atoms with Crippen LogP contribution in [-0.4, -0.2) is 28.9 Å². The van der Waals surface area contributed by atoms with Gasteiger partial charge in [0.2, 0.25) is 0 Å². The van der Waals surface area contributed by atoms with Gasteiger partial charge in [0.15, 0.2) is 11.5 Å². The Kier molecular flexibility index (Phi) is 8.16. The normalized spacial score (nSPS) is 11.4. The van der Waals surface area contributed by atoms with E-state index >= 15 is 0 Å². The first-order chi connectivity index (χ1) is 15.3. The number of hydrogen-bond acceptors (Lipinski definition) is 6. The van der Waals surface area contributed by atoms with Crippen molar-refractivity contribution in [1.29, 1.82) is 0 Å². The lowest BCUT2D eigenvalue weighted by molar-refractivity contribution is 0.282. The van der Waals surface area contributed by atoms with Gasteiger partial charge in [-0.3, -0.25) is 0 Å². The lowest BCUT2D eigenvalue weighted by Gasteiger charge is -2.13. The van der Waals surface area contributed by atoms with Crippen molar-refractivity contribution in [3.05, 3.63) is 80.7 Å². The van der Waals surface area contributed by atoms with Crippen molar-refractivity contribution < 1.29 is 22.6 Å². The van der Waals surface area contributed by atoms with Crippen LogP contribution in [-0.2, 0) is 16.6 Å². The summed E-state index contributed by atoms with van der Waals surface area (Å²) in [5.74, 6) is 1.55. The van der Waals surface area contributed by atoms with E-state index in [1.807, 2.05) is 30.3 Å². The summed E-state index contributed by atoms with van der Waals surface area (Å²) in [4.78, 5) is 2.25. The molecule has 0 saturated heterocycles. The molecule has 3 rings (SSSR count). The molecule has 0 radical (unpaired) electrons. The maximum Gasteiger partial charge on any atom is 0.276 e. The number of benzene rings is 3. The van der Waals surface area contributed by atoms with Crippen molar-refractivity contribution >= 4 is 48.1 Å². The summed E-state index contributed by atoms with van der Waals surface area (Å²) >= 11 is 6.76. The Hall–Kier alpha value is -2.56. The van der Waals surface area contributed by atoms with Gasteiger partial charge < -0.3 is 14.2 Å². The minimum atomic E-state index is -3.85. The summed E-state index contributed by atoms with van der Waals surface area (Å²) in [6.45, 7) is 0.375. The first-order valence-electron chi connectivity index (χ1n) is 9.26. The lowest BCUT2D eigenvalue weighted by atomic mass is 10.2. The van der Waals surface area contributed by atoms with Gasteiger partial charge in [-0.15, -0.1) is 0 Å². The van der Waals surface area contributed by atoms with Gasteiger partial charge in [0, 0.05) is 0 Å². The van der Waals surface area contributed by atoms with Gasteiger partial charge in [-0.05, 0) is 73.3 Å². The Morgan fingerprint density at radius 2 is 1.66 bits per heavy atom. The molecule has 0 aliphatic rings. The highest BCUT2D eigenvalue weighted by molar-refractivity contribution is 9.11. The van der Waals surface area contributed by atoms with Crippen LogP contribution in [0.15, 0.2) is 79.6 Å². The average molecular weight is 584 g/mol. The molecule has 3 aromatic carbocycles. The fourth-order valence-electron chi connectivity index (χ4n) is 2.72. The summed E-state index contributed by atoms with van der Waals surface area (Å²) in [6.07, 6.45) is 1.38. The summed E-state index contributed by atoms with van der Waals surface area (Å²) < 4.78 is 42.6.